The molecule has 1 aromatic heterocycles. The zero-order valence-corrected chi connectivity index (χ0v) is 13.3. The maximum absolute atomic E-state index is 13.8. The lowest BCUT2D eigenvalue weighted by atomic mass is 9.99. The molecule has 2 aliphatic heterocycles. The predicted molar refractivity (Wildman–Crippen MR) is 80.4 cm³/mol. The molecule has 0 N–H and O–H groups in total. The van der Waals surface area contributed by atoms with Gasteiger partial charge in [0.15, 0.2) is 17.4 Å². The molecule has 128 valence electrons. The van der Waals surface area contributed by atoms with Gasteiger partial charge < -0.3 is 9.47 Å². The smallest absolute Gasteiger partial charge is 0.190 e. The highest BCUT2D eigenvalue weighted by Crippen LogP contribution is 2.31. The van der Waals surface area contributed by atoms with Crippen LogP contribution in [0.15, 0.2) is 18.3 Å². The number of methoxy groups -OCH3 is 1. The van der Waals surface area contributed by atoms with Crippen molar-refractivity contribution in [2.24, 2.45) is 0 Å². The number of ether oxygens (including phenoxy) is 2. The third kappa shape index (κ3) is 2.65. The van der Waals surface area contributed by atoms with Gasteiger partial charge in [0.1, 0.15) is 0 Å². The molecule has 1 saturated heterocycles. The number of piperidine rings is 1. The van der Waals surface area contributed by atoms with Crippen LogP contribution in [-0.4, -0.2) is 46.2 Å². The molecule has 0 unspecified atom stereocenters. The quantitative estimate of drug-likeness (QED) is 0.857. The van der Waals surface area contributed by atoms with E-state index in [4.69, 9.17) is 9.47 Å². The van der Waals surface area contributed by atoms with Crippen LogP contribution in [0, 0.1) is 11.6 Å². The molecule has 2 atom stereocenters. The summed E-state index contributed by atoms with van der Waals surface area (Å²) in [4.78, 5) is 2.14. The van der Waals surface area contributed by atoms with Gasteiger partial charge in [-0.05, 0) is 24.1 Å². The Hall–Kier alpha value is -2.06. The second-order valence-corrected chi connectivity index (χ2v) is 6.20. The molecule has 2 aromatic rings. The molecule has 8 heteroatoms. The lowest BCUT2D eigenvalue weighted by Gasteiger charge is -2.41. The fourth-order valence-corrected chi connectivity index (χ4v) is 3.55. The molecule has 0 saturated carbocycles. The van der Waals surface area contributed by atoms with Crippen LogP contribution in [-0.2, 0) is 17.9 Å². The van der Waals surface area contributed by atoms with E-state index in [-0.39, 0.29) is 17.9 Å². The number of aromatic nitrogens is 3. The van der Waals surface area contributed by atoms with Crippen molar-refractivity contribution in [2.75, 3.05) is 20.2 Å². The first-order chi connectivity index (χ1) is 11.7. The fourth-order valence-electron chi connectivity index (χ4n) is 3.55. The average Bonchev–Trinajstić information content (AvgIpc) is 3.03. The number of fused-ring (bicyclic) bond motifs is 3. The lowest BCUT2D eigenvalue weighted by Crippen LogP contribution is -2.48. The zero-order chi connectivity index (χ0) is 16.7. The molecule has 2 aliphatic rings. The Bertz CT molecular complexity index is 728. The van der Waals surface area contributed by atoms with E-state index in [2.05, 4.69) is 15.2 Å². The van der Waals surface area contributed by atoms with E-state index in [0.29, 0.717) is 25.3 Å². The van der Waals surface area contributed by atoms with Gasteiger partial charge >= 0.3 is 0 Å². The summed E-state index contributed by atoms with van der Waals surface area (Å²) in [6.45, 7) is 2.46. The zero-order valence-electron chi connectivity index (χ0n) is 13.3. The van der Waals surface area contributed by atoms with Gasteiger partial charge in [-0.1, -0.05) is 5.21 Å². The van der Waals surface area contributed by atoms with Crippen LogP contribution in [0.3, 0.4) is 0 Å². The van der Waals surface area contributed by atoms with E-state index in [1.807, 2.05) is 4.68 Å². The van der Waals surface area contributed by atoms with Gasteiger partial charge in [0.25, 0.3) is 0 Å². The van der Waals surface area contributed by atoms with Gasteiger partial charge in [-0.3, -0.25) is 4.90 Å². The first-order valence-corrected chi connectivity index (χ1v) is 7.90. The minimum absolute atomic E-state index is 0.0147. The molecule has 0 radical (unpaired) electrons. The summed E-state index contributed by atoms with van der Waals surface area (Å²) >= 11 is 0. The van der Waals surface area contributed by atoms with Crippen molar-refractivity contribution in [1.82, 2.24) is 19.9 Å². The summed E-state index contributed by atoms with van der Waals surface area (Å²) in [5.41, 5.74) is 1.57. The van der Waals surface area contributed by atoms with E-state index in [1.165, 1.54) is 19.2 Å². The van der Waals surface area contributed by atoms with Crippen LogP contribution in [0.1, 0.15) is 23.7 Å². The number of benzene rings is 1. The monoisotopic (exact) mass is 336 g/mol. The normalized spacial score (nSPS) is 23.6. The highest BCUT2D eigenvalue weighted by Gasteiger charge is 2.36. The molecular weight excluding hydrogens is 318 g/mol. The van der Waals surface area contributed by atoms with Crippen molar-refractivity contribution < 1.29 is 18.3 Å². The average molecular weight is 336 g/mol. The molecule has 0 aliphatic carbocycles. The van der Waals surface area contributed by atoms with Crippen LogP contribution >= 0.6 is 0 Å². The Balaban J connectivity index is 1.47. The van der Waals surface area contributed by atoms with Crippen molar-refractivity contribution in [2.45, 2.75) is 31.7 Å². The molecule has 1 fully saturated rings. The predicted octanol–water partition coefficient (Wildman–Crippen LogP) is 1.91. The number of nitrogens with zero attached hydrogens (tertiary/aromatic N) is 4. The molecule has 0 bridgehead atoms. The van der Waals surface area contributed by atoms with Gasteiger partial charge in [0.05, 0.1) is 37.8 Å². The Morgan fingerprint density at radius 2 is 2.12 bits per heavy atom. The Morgan fingerprint density at radius 1 is 1.33 bits per heavy atom. The van der Waals surface area contributed by atoms with E-state index in [1.54, 1.807) is 6.20 Å². The molecule has 4 rings (SSSR count). The summed E-state index contributed by atoms with van der Waals surface area (Å²) in [6.07, 6.45) is 2.61. The number of likely N-dealkylation sites (tertiary alicyclic amines) is 1. The van der Waals surface area contributed by atoms with Gasteiger partial charge in [-0.2, -0.15) is 0 Å². The number of hydrogen-bond donors (Lipinski definition) is 0. The Morgan fingerprint density at radius 3 is 2.88 bits per heavy atom. The van der Waals surface area contributed by atoms with E-state index in [9.17, 15) is 8.78 Å². The summed E-state index contributed by atoms with van der Waals surface area (Å²) < 4.78 is 40.2. The first-order valence-electron chi connectivity index (χ1n) is 7.90. The summed E-state index contributed by atoms with van der Waals surface area (Å²) in [5, 5.41) is 8.09. The highest BCUT2D eigenvalue weighted by atomic mass is 19.1. The molecule has 0 spiro atoms. The minimum atomic E-state index is -0.677. The third-order valence-corrected chi connectivity index (χ3v) is 4.69. The summed E-state index contributed by atoms with van der Waals surface area (Å²) in [5.74, 6) is -1.70. The summed E-state index contributed by atoms with van der Waals surface area (Å²) in [6, 6.07) is 2.83. The first kappa shape index (κ1) is 15.5. The van der Waals surface area contributed by atoms with Gasteiger partial charge in [0.2, 0.25) is 0 Å². The van der Waals surface area contributed by atoms with E-state index >= 15 is 0 Å². The number of rotatable bonds is 3. The Kier molecular flexibility index (Phi) is 3.93. The van der Waals surface area contributed by atoms with Crippen LogP contribution < -0.4 is 4.74 Å². The third-order valence-electron chi connectivity index (χ3n) is 4.69. The van der Waals surface area contributed by atoms with Crippen LogP contribution in [0.4, 0.5) is 8.78 Å². The molecule has 6 nitrogen and oxygen atoms in total. The fraction of sp³-hybridized carbons (Fsp3) is 0.500. The topological polar surface area (TPSA) is 52.4 Å². The van der Waals surface area contributed by atoms with E-state index in [0.717, 1.165) is 18.7 Å². The largest absolute Gasteiger partial charge is 0.491 e. The second-order valence-electron chi connectivity index (χ2n) is 6.20. The van der Waals surface area contributed by atoms with Gasteiger partial charge in [0, 0.05) is 19.6 Å². The van der Waals surface area contributed by atoms with Crippen molar-refractivity contribution >= 4 is 0 Å². The highest BCUT2D eigenvalue weighted by molar-refractivity contribution is 5.31. The summed E-state index contributed by atoms with van der Waals surface area (Å²) in [7, 11) is 1.25. The number of halogens is 2. The van der Waals surface area contributed by atoms with Crippen molar-refractivity contribution in [3.05, 3.63) is 41.2 Å². The van der Waals surface area contributed by atoms with Crippen molar-refractivity contribution in [3.8, 4) is 5.75 Å². The maximum atomic E-state index is 13.8. The molecule has 3 heterocycles. The molecule has 24 heavy (non-hydrogen) atoms. The van der Waals surface area contributed by atoms with Crippen LogP contribution in [0.25, 0.3) is 0 Å². The van der Waals surface area contributed by atoms with Crippen LogP contribution in [0.5, 0.6) is 5.75 Å². The lowest BCUT2D eigenvalue weighted by molar-refractivity contribution is -0.0704. The molecule has 0 amide bonds. The van der Waals surface area contributed by atoms with E-state index < -0.39 is 11.6 Å². The molecular formula is C16H18F2N4O2. The second kappa shape index (κ2) is 6.10. The number of hydrogen-bond acceptors (Lipinski definition) is 5. The van der Waals surface area contributed by atoms with Gasteiger partial charge in [-0.25, -0.2) is 13.5 Å². The maximum Gasteiger partial charge on any atom is 0.190 e. The SMILES string of the molecule is COc1c(F)cc(CN2CC[C@@H]3[C@@H](C2)OCc2cnnn23)cc1F. The van der Waals surface area contributed by atoms with Crippen molar-refractivity contribution in [3.63, 3.8) is 0 Å². The molecule has 1 aromatic carbocycles. The minimum Gasteiger partial charge on any atom is -0.491 e. The standard InChI is InChI=1S/C16H18F2N4O2/c1-23-16-12(17)4-10(5-13(16)18)7-21-3-2-14-15(8-21)24-9-11-6-19-20-22(11)14/h4-6,14-15H,2-3,7-9H2,1H3/t14-,15-/m1/s1. The Labute approximate surface area is 138 Å². The van der Waals surface area contributed by atoms with Gasteiger partial charge in [-0.15, -0.1) is 5.10 Å². The van der Waals surface area contributed by atoms with Crippen LogP contribution in [0.2, 0.25) is 0 Å². The van der Waals surface area contributed by atoms with Crippen molar-refractivity contribution in [1.29, 1.82) is 0 Å².